The van der Waals surface area contributed by atoms with E-state index in [2.05, 4.69) is 21.2 Å². The van der Waals surface area contributed by atoms with Gasteiger partial charge in [-0.25, -0.2) is 0 Å². The van der Waals surface area contributed by atoms with E-state index in [0.29, 0.717) is 24.0 Å². The van der Waals surface area contributed by atoms with Crippen LogP contribution in [0.25, 0.3) is 0 Å². The summed E-state index contributed by atoms with van der Waals surface area (Å²) in [6.07, 6.45) is 3.38. The van der Waals surface area contributed by atoms with Crippen LogP contribution in [0.1, 0.15) is 29.6 Å². The van der Waals surface area contributed by atoms with Crippen molar-refractivity contribution in [3.8, 4) is 5.75 Å². The van der Waals surface area contributed by atoms with Gasteiger partial charge in [-0.2, -0.15) is 0 Å². The molecular weight excluding hydrogens is 310 g/mol. The van der Waals surface area contributed by atoms with Crippen LogP contribution in [0.4, 0.5) is 0 Å². The SMILES string of the molecule is COc1cc(Br)ccc1C(=O)NCCC1CCCO1. The first-order chi connectivity index (χ1) is 9.20. The molecule has 1 aromatic rings. The maximum absolute atomic E-state index is 12.1. The molecule has 0 bridgehead atoms. The number of carbonyl (C=O) groups is 1. The summed E-state index contributed by atoms with van der Waals surface area (Å²) in [4.78, 5) is 12.1. The minimum Gasteiger partial charge on any atom is -0.496 e. The Morgan fingerprint density at radius 3 is 3.11 bits per heavy atom. The number of benzene rings is 1. The van der Waals surface area contributed by atoms with E-state index in [9.17, 15) is 4.79 Å². The van der Waals surface area contributed by atoms with Crippen molar-refractivity contribution >= 4 is 21.8 Å². The predicted molar refractivity (Wildman–Crippen MR) is 76.6 cm³/mol. The van der Waals surface area contributed by atoms with Crippen molar-refractivity contribution < 1.29 is 14.3 Å². The lowest BCUT2D eigenvalue weighted by molar-refractivity contribution is 0.0905. The molecule has 1 saturated heterocycles. The zero-order valence-corrected chi connectivity index (χ0v) is 12.5. The number of amides is 1. The molecule has 0 spiro atoms. The molecule has 0 radical (unpaired) electrons. The number of ether oxygens (including phenoxy) is 2. The highest BCUT2D eigenvalue weighted by atomic mass is 79.9. The minimum atomic E-state index is -0.109. The second kappa shape index (κ2) is 6.91. The summed E-state index contributed by atoms with van der Waals surface area (Å²) in [6.45, 7) is 1.47. The van der Waals surface area contributed by atoms with Gasteiger partial charge in [0.1, 0.15) is 5.75 Å². The molecule has 0 aliphatic carbocycles. The maximum atomic E-state index is 12.1. The van der Waals surface area contributed by atoms with Crippen LogP contribution in [0.5, 0.6) is 5.75 Å². The third-order valence-corrected chi connectivity index (χ3v) is 3.68. The van der Waals surface area contributed by atoms with Crippen LogP contribution >= 0.6 is 15.9 Å². The molecule has 1 amide bonds. The number of nitrogens with one attached hydrogen (secondary N) is 1. The number of rotatable bonds is 5. The molecule has 1 aliphatic heterocycles. The molecule has 1 aliphatic rings. The lowest BCUT2D eigenvalue weighted by Gasteiger charge is -2.12. The van der Waals surface area contributed by atoms with Crippen LogP contribution in [0, 0.1) is 0 Å². The van der Waals surface area contributed by atoms with Gasteiger partial charge in [0.2, 0.25) is 0 Å². The van der Waals surface area contributed by atoms with Crippen LogP contribution in [0.3, 0.4) is 0 Å². The van der Waals surface area contributed by atoms with E-state index in [-0.39, 0.29) is 5.91 Å². The Morgan fingerprint density at radius 2 is 2.42 bits per heavy atom. The van der Waals surface area contributed by atoms with Crippen molar-refractivity contribution in [3.63, 3.8) is 0 Å². The van der Waals surface area contributed by atoms with E-state index in [4.69, 9.17) is 9.47 Å². The Kier molecular flexibility index (Phi) is 5.22. The molecule has 5 heteroatoms. The normalized spacial score (nSPS) is 18.3. The first-order valence-corrected chi connectivity index (χ1v) is 7.23. The van der Waals surface area contributed by atoms with Gasteiger partial charge in [0.15, 0.2) is 0 Å². The molecule has 0 aromatic heterocycles. The van der Waals surface area contributed by atoms with Crippen molar-refractivity contribution in [2.45, 2.75) is 25.4 Å². The number of hydrogen-bond donors (Lipinski definition) is 1. The van der Waals surface area contributed by atoms with Gasteiger partial charge in [-0.3, -0.25) is 4.79 Å². The fourth-order valence-electron chi connectivity index (χ4n) is 2.17. The standard InChI is InChI=1S/C14H18BrNO3/c1-18-13-9-10(15)4-5-12(13)14(17)16-7-6-11-3-2-8-19-11/h4-5,9,11H,2-3,6-8H2,1H3,(H,16,17). The Labute approximate surface area is 121 Å². The molecule has 1 atom stereocenters. The fraction of sp³-hybridized carbons (Fsp3) is 0.500. The average molecular weight is 328 g/mol. The zero-order valence-electron chi connectivity index (χ0n) is 10.9. The summed E-state index contributed by atoms with van der Waals surface area (Å²) < 4.78 is 11.6. The lowest BCUT2D eigenvalue weighted by atomic mass is 10.1. The second-order valence-corrected chi connectivity index (χ2v) is 5.44. The summed E-state index contributed by atoms with van der Waals surface area (Å²) in [5.74, 6) is 0.464. The van der Waals surface area contributed by atoms with E-state index >= 15 is 0 Å². The van der Waals surface area contributed by atoms with E-state index in [1.807, 2.05) is 6.07 Å². The summed E-state index contributed by atoms with van der Waals surface area (Å²) in [7, 11) is 1.56. The molecule has 1 heterocycles. The number of halogens is 1. The lowest BCUT2D eigenvalue weighted by Crippen LogP contribution is -2.27. The molecule has 1 fully saturated rings. The van der Waals surface area contributed by atoms with Gasteiger partial charge in [0.25, 0.3) is 5.91 Å². The van der Waals surface area contributed by atoms with Gasteiger partial charge in [0, 0.05) is 17.6 Å². The second-order valence-electron chi connectivity index (χ2n) is 4.52. The third kappa shape index (κ3) is 3.94. The summed E-state index contributed by atoms with van der Waals surface area (Å²) in [6, 6.07) is 5.37. The highest BCUT2D eigenvalue weighted by Crippen LogP contribution is 2.23. The molecular formula is C14H18BrNO3. The first kappa shape index (κ1) is 14.3. The monoisotopic (exact) mass is 327 g/mol. The summed E-state index contributed by atoms with van der Waals surface area (Å²) in [5, 5.41) is 2.91. The summed E-state index contributed by atoms with van der Waals surface area (Å²) in [5.41, 5.74) is 0.554. The van der Waals surface area contributed by atoms with E-state index < -0.39 is 0 Å². The topological polar surface area (TPSA) is 47.6 Å². The smallest absolute Gasteiger partial charge is 0.255 e. The van der Waals surface area contributed by atoms with Crippen LogP contribution in [-0.2, 0) is 4.74 Å². The molecule has 104 valence electrons. The van der Waals surface area contributed by atoms with Gasteiger partial charge in [-0.1, -0.05) is 15.9 Å². The van der Waals surface area contributed by atoms with Crippen molar-refractivity contribution in [1.82, 2.24) is 5.32 Å². The summed E-state index contributed by atoms with van der Waals surface area (Å²) >= 11 is 3.36. The van der Waals surface area contributed by atoms with Crippen LogP contribution < -0.4 is 10.1 Å². The van der Waals surface area contributed by atoms with Gasteiger partial charge in [-0.05, 0) is 37.5 Å². The highest BCUT2D eigenvalue weighted by Gasteiger charge is 2.16. The van der Waals surface area contributed by atoms with Crippen LogP contribution in [0.15, 0.2) is 22.7 Å². The van der Waals surface area contributed by atoms with E-state index in [0.717, 1.165) is 30.3 Å². The Bertz CT molecular complexity index is 444. The van der Waals surface area contributed by atoms with E-state index in [1.54, 1.807) is 19.2 Å². The quantitative estimate of drug-likeness (QED) is 0.904. The molecule has 1 N–H and O–H groups in total. The number of hydrogen-bond acceptors (Lipinski definition) is 3. The zero-order chi connectivity index (χ0) is 13.7. The van der Waals surface area contributed by atoms with Crippen molar-refractivity contribution in [3.05, 3.63) is 28.2 Å². The van der Waals surface area contributed by atoms with Crippen molar-refractivity contribution in [2.75, 3.05) is 20.3 Å². The van der Waals surface area contributed by atoms with Crippen LogP contribution in [0.2, 0.25) is 0 Å². The Balaban J connectivity index is 1.88. The van der Waals surface area contributed by atoms with E-state index in [1.165, 1.54) is 0 Å². The third-order valence-electron chi connectivity index (χ3n) is 3.18. The number of carbonyl (C=O) groups excluding carboxylic acids is 1. The Morgan fingerprint density at radius 1 is 1.58 bits per heavy atom. The largest absolute Gasteiger partial charge is 0.496 e. The number of methoxy groups -OCH3 is 1. The average Bonchev–Trinajstić information content (AvgIpc) is 2.91. The van der Waals surface area contributed by atoms with Gasteiger partial charge in [-0.15, -0.1) is 0 Å². The van der Waals surface area contributed by atoms with Gasteiger partial charge >= 0.3 is 0 Å². The maximum Gasteiger partial charge on any atom is 0.255 e. The first-order valence-electron chi connectivity index (χ1n) is 6.44. The molecule has 0 saturated carbocycles. The van der Waals surface area contributed by atoms with Gasteiger partial charge < -0.3 is 14.8 Å². The molecule has 19 heavy (non-hydrogen) atoms. The Hall–Kier alpha value is -1.07. The molecule has 2 rings (SSSR count). The molecule has 4 nitrogen and oxygen atoms in total. The van der Waals surface area contributed by atoms with Gasteiger partial charge in [0.05, 0.1) is 18.8 Å². The minimum absolute atomic E-state index is 0.109. The van der Waals surface area contributed by atoms with Crippen molar-refractivity contribution in [2.24, 2.45) is 0 Å². The molecule has 1 unspecified atom stereocenters. The predicted octanol–water partition coefficient (Wildman–Crippen LogP) is 2.76. The van der Waals surface area contributed by atoms with Crippen molar-refractivity contribution in [1.29, 1.82) is 0 Å². The fourth-order valence-corrected chi connectivity index (χ4v) is 2.51. The highest BCUT2D eigenvalue weighted by molar-refractivity contribution is 9.10. The molecule has 1 aromatic carbocycles. The van der Waals surface area contributed by atoms with Crippen LogP contribution in [-0.4, -0.2) is 32.3 Å².